The molecule has 0 amide bonds. The zero-order chi connectivity index (χ0) is 18.4. The number of methoxy groups -OCH3 is 1. The summed E-state index contributed by atoms with van der Waals surface area (Å²) in [7, 11) is 3.70. The lowest BCUT2D eigenvalue weighted by atomic mass is 10.2. The van der Waals surface area contributed by atoms with E-state index in [9.17, 15) is 0 Å². The summed E-state index contributed by atoms with van der Waals surface area (Å²) in [5.74, 6) is 3.22. The van der Waals surface area contributed by atoms with Crippen molar-refractivity contribution < 1.29 is 4.74 Å². The molecule has 0 aliphatic heterocycles. The third kappa shape index (κ3) is 4.69. The zero-order valence-electron chi connectivity index (χ0n) is 15.3. The number of ether oxygens (including phenoxy) is 1. The average Bonchev–Trinajstić information content (AvgIpc) is 2.67. The van der Waals surface area contributed by atoms with Crippen molar-refractivity contribution in [3.05, 3.63) is 66.2 Å². The van der Waals surface area contributed by atoms with Crippen LogP contribution < -0.4 is 15.0 Å². The largest absolute Gasteiger partial charge is 0.497 e. The molecule has 1 N–H and O–H groups in total. The molecule has 2 heterocycles. The van der Waals surface area contributed by atoms with Crippen molar-refractivity contribution >= 4 is 17.3 Å². The molecule has 0 unspecified atom stereocenters. The van der Waals surface area contributed by atoms with Crippen LogP contribution in [0.4, 0.5) is 17.3 Å². The molecule has 2 aromatic heterocycles. The normalized spacial score (nSPS) is 10.4. The van der Waals surface area contributed by atoms with Gasteiger partial charge in [0.15, 0.2) is 0 Å². The SMILES string of the molecule is COc1ccc(Nc2cc(N(C)CCc3ccncc3)nc(C)n2)cc1. The first-order valence-corrected chi connectivity index (χ1v) is 8.51. The fourth-order valence-electron chi connectivity index (χ4n) is 2.59. The van der Waals surface area contributed by atoms with Gasteiger partial charge in [0.05, 0.1) is 7.11 Å². The first-order chi connectivity index (χ1) is 12.6. The number of hydrogen-bond donors (Lipinski definition) is 1. The Morgan fingerprint density at radius 3 is 2.46 bits per heavy atom. The fourth-order valence-corrected chi connectivity index (χ4v) is 2.59. The van der Waals surface area contributed by atoms with Gasteiger partial charge in [0.2, 0.25) is 0 Å². The molecule has 0 spiro atoms. The number of rotatable bonds is 7. The van der Waals surface area contributed by atoms with Crippen molar-refractivity contribution in [2.75, 3.05) is 30.9 Å². The lowest BCUT2D eigenvalue weighted by Crippen LogP contribution is -2.22. The van der Waals surface area contributed by atoms with Crippen LogP contribution in [0, 0.1) is 6.92 Å². The van der Waals surface area contributed by atoms with Crippen molar-refractivity contribution in [3.63, 3.8) is 0 Å². The number of aromatic nitrogens is 3. The van der Waals surface area contributed by atoms with Gasteiger partial charge in [-0.3, -0.25) is 4.98 Å². The average molecular weight is 349 g/mol. The van der Waals surface area contributed by atoms with Gasteiger partial charge in [-0.15, -0.1) is 0 Å². The Balaban J connectivity index is 1.69. The van der Waals surface area contributed by atoms with Crippen LogP contribution in [0.1, 0.15) is 11.4 Å². The van der Waals surface area contributed by atoms with Crippen LogP contribution in [0.25, 0.3) is 0 Å². The lowest BCUT2D eigenvalue weighted by Gasteiger charge is -2.19. The smallest absolute Gasteiger partial charge is 0.136 e. The zero-order valence-corrected chi connectivity index (χ0v) is 15.3. The predicted molar refractivity (Wildman–Crippen MR) is 104 cm³/mol. The molecule has 0 radical (unpaired) electrons. The molecule has 3 aromatic rings. The number of pyridine rings is 1. The number of aryl methyl sites for hydroxylation is 1. The molecule has 1 aromatic carbocycles. The Morgan fingerprint density at radius 2 is 1.77 bits per heavy atom. The van der Waals surface area contributed by atoms with E-state index in [1.54, 1.807) is 7.11 Å². The van der Waals surface area contributed by atoms with Gasteiger partial charge >= 0.3 is 0 Å². The highest BCUT2D eigenvalue weighted by Crippen LogP contribution is 2.21. The molecule has 0 atom stereocenters. The van der Waals surface area contributed by atoms with E-state index in [-0.39, 0.29) is 0 Å². The Labute approximate surface area is 153 Å². The topological polar surface area (TPSA) is 63.2 Å². The molecule has 6 heteroatoms. The van der Waals surface area contributed by atoms with E-state index in [1.807, 2.05) is 68.8 Å². The van der Waals surface area contributed by atoms with Crippen LogP contribution in [-0.4, -0.2) is 35.7 Å². The van der Waals surface area contributed by atoms with E-state index in [1.165, 1.54) is 5.56 Å². The minimum Gasteiger partial charge on any atom is -0.497 e. The molecule has 6 nitrogen and oxygen atoms in total. The summed E-state index contributed by atoms with van der Waals surface area (Å²) in [4.78, 5) is 15.2. The molecule has 0 saturated carbocycles. The van der Waals surface area contributed by atoms with Gasteiger partial charge in [0.1, 0.15) is 23.2 Å². The second kappa shape index (κ2) is 8.29. The van der Waals surface area contributed by atoms with Crippen molar-refractivity contribution in [1.82, 2.24) is 15.0 Å². The van der Waals surface area contributed by atoms with Gasteiger partial charge in [0.25, 0.3) is 0 Å². The first-order valence-electron chi connectivity index (χ1n) is 8.51. The van der Waals surface area contributed by atoms with Crippen molar-refractivity contribution in [1.29, 1.82) is 0 Å². The van der Waals surface area contributed by atoms with Crippen LogP contribution in [0.15, 0.2) is 54.9 Å². The molecule has 134 valence electrons. The number of nitrogens with one attached hydrogen (secondary N) is 1. The van der Waals surface area contributed by atoms with E-state index in [0.29, 0.717) is 0 Å². The minimum atomic E-state index is 0.731. The Hall–Kier alpha value is -3.15. The third-order valence-electron chi connectivity index (χ3n) is 4.06. The number of nitrogens with zero attached hydrogens (tertiary/aromatic N) is 4. The maximum atomic E-state index is 5.19. The van der Waals surface area contributed by atoms with Crippen LogP contribution in [-0.2, 0) is 6.42 Å². The summed E-state index contributed by atoms with van der Waals surface area (Å²) in [5, 5.41) is 3.32. The highest BCUT2D eigenvalue weighted by molar-refractivity contribution is 5.60. The van der Waals surface area contributed by atoms with E-state index in [2.05, 4.69) is 25.2 Å². The molecule has 0 bridgehead atoms. The molecule has 26 heavy (non-hydrogen) atoms. The molecule has 0 fully saturated rings. The maximum Gasteiger partial charge on any atom is 0.136 e. The fraction of sp³-hybridized carbons (Fsp3) is 0.250. The van der Waals surface area contributed by atoms with E-state index in [0.717, 1.165) is 41.9 Å². The Bertz CT molecular complexity index is 837. The van der Waals surface area contributed by atoms with Crippen molar-refractivity contribution in [2.45, 2.75) is 13.3 Å². The number of anilines is 3. The number of hydrogen-bond acceptors (Lipinski definition) is 6. The van der Waals surface area contributed by atoms with Crippen LogP contribution in [0.2, 0.25) is 0 Å². The van der Waals surface area contributed by atoms with Crippen LogP contribution in [0.3, 0.4) is 0 Å². The van der Waals surface area contributed by atoms with Gasteiger partial charge in [-0.25, -0.2) is 9.97 Å². The summed E-state index contributed by atoms with van der Waals surface area (Å²) in [6.45, 7) is 2.77. The lowest BCUT2D eigenvalue weighted by molar-refractivity contribution is 0.415. The molecule has 3 rings (SSSR count). The van der Waals surface area contributed by atoms with E-state index in [4.69, 9.17) is 4.74 Å². The third-order valence-corrected chi connectivity index (χ3v) is 4.06. The first kappa shape index (κ1) is 17.7. The van der Waals surface area contributed by atoms with Gasteiger partial charge in [0, 0.05) is 37.7 Å². The minimum absolute atomic E-state index is 0.731. The van der Waals surface area contributed by atoms with Gasteiger partial charge in [-0.2, -0.15) is 0 Å². The van der Waals surface area contributed by atoms with Crippen LogP contribution in [0.5, 0.6) is 5.75 Å². The van der Waals surface area contributed by atoms with Crippen LogP contribution >= 0.6 is 0 Å². The summed E-state index contributed by atoms with van der Waals surface area (Å²) >= 11 is 0. The maximum absolute atomic E-state index is 5.19. The molecular weight excluding hydrogens is 326 g/mol. The molecule has 0 aliphatic carbocycles. The number of likely N-dealkylation sites (N-methyl/N-ethyl adjacent to an activating group) is 1. The van der Waals surface area contributed by atoms with E-state index >= 15 is 0 Å². The summed E-state index contributed by atoms with van der Waals surface area (Å²) < 4.78 is 5.19. The molecule has 0 saturated heterocycles. The summed E-state index contributed by atoms with van der Waals surface area (Å²) in [6, 6.07) is 13.8. The second-order valence-corrected chi connectivity index (χ2v) is 6.04. The van der Waals surface area contributed by atoms with Gasteiger partial charge < -0.3 is 15.0 Å². The molecule has 0 aliphatic rings. The van der Waals surface area contributed by atoms with Gasteiger partial charge in [-0.1, -0.05) is 0 Å². The van der Waals surface area contributed by atoms with Gasteiger partial charge in [-0.05, 0) is 55.3 Å². The standard InChI is InChI=1S/C20H23N5O/c1-15-22-19(24-17-4-6-18(26-3)7-5-17)14-20(23-15)25(2)13-10-16-8-11-21-12-9-16/h4-9,11-12,14H,10,13H2,1-3H3,(H,22,23,24). The summed E-state index contributed by atoms with van der Waals surface area (Å²) in [5.41, 5.74) is 2.21. The summed E-state index contributed by atoms with van der Waals surface area (Å²) in [6.07, 6.45) is 4.57. The predicted octanol–water partition coefficient (Wildman–Crippen LogP) is 3.61. The molecular formula is C20H23N5O. The monoisotopic (exact) mass is 349 g/mol. The van der Waals surface area contributed by atoms with Crippen molar-refractivity contribution in [2.24, 2.45) is 0 Å². The number of benzene rings is 1. The second-order valence-electron chi connectivity index (χ2n) is 6.04. The Kier molecular flexibility index (Phi) is 5.63. The van der Waals surface area contributed by atoms with E-state index < -0.39 is 0 Å². The Morgan fingerprint density at radius 1 is 1.04 bits per heavy atom. The highest BCUT2D eigenvalue weighted by Gasteiger charge is 2.08. The van der Waals surface area contributed by atoms with Crippen molar-refractivity contribution in [3.8, 4) is 5.75 Å². The highest BCUT2D eigenvalue weighted by atomic mass is 16.5. The quantitative estimate of drug-likeness (QED) is 0.703.